The summed E-state index contributed by atoms with van der Waals surface area (Å²) in [5.41, 5.74) is 0.996. The van der Waals surface area contributed by atoms with E-state index in [0.29, 0.717) is 29.3 Å². The lowest BCUT2D eigenvalue weighted by atomic mass is 10.1. The monoisotopic (exact) mass is 362 g/mol. The zero-order valence-corrected chi connectivity index (χ0v) is 15.9. The normalized spacial score (nSPS) is 14.8. The Labute approximate surface area is 153 Å². The molecule has 1 heterocycles. The Morgan fingerprint density at radius 2 is 1.68 bits per heavy atom. The first-order valence-corrected chi connectivity index (χ1v) is 9.89. The van der Waals surface area contributed by atoms with E-state index >= 15 is 0 Å². The highest BCUT2D eigenvalue weighted by Crippen LogP contribution is 2.22. The molecular weight excluding hydrogens is 336 g/mol. The summed E-state index contributed by atoms with van der Waals surface area (Å²) < 4.78 is 0. The van der Waals surface area contributed by atoms with Crippen molar-refractivity contribution in [1.29, 1.82) is 0 Å². The summed E-state index contributed by atoms with van der Waals surface area (Å²) in [5, 5.41) is 2.98. The summed E-state index contributed by atoms with van der Waals surface area (Å²) in [5.74, 6) is 1.38. The second-order valence-electron chi connectivity index (χ2n) is 6.67. The fraction of sp³-hybridized carbons (Fsp3) is 0.526. The van der Waals surface area contributed by atoms with Crippen LogP contribution in [-0.4, -0.2) is 46.7 Å². The molecule has 1 unspecified atom stereocenters. The number of thioether (sulfide) groups is 1. The molecule has 25 heavy (non-hydrogen) atoms. The molecule has 1 atom stereocenters. The van der Waals surface area contributed by atoms with Gasteiger partial charge >= 0.3 is 0 Å². The molecule has 1 N–H and O–H groups in total. The summed E-state index contributed by atoms with van der Waals surface area (Å²) >= 11 is 1.59. The minimum atomic E-state index is -0.199. The summed E-state index contributed by atoms with van der Waals surface area (Å²) in [6.45, 7) is 6.60. The number of benzene rings is 1. The Morgan fingerprint density at radius 1 is 1.08 bits per heavy atom. The Bertz CT molecular complexity index is 610. The number of nitrogens with one attached hydrogen (secondary N) is 1. The molecule has 1 aromatic carbocycles. The quantitative estimate of drug-likeness (QED) is 0.542. The van der Waals surface area contributed by atoms with Crippen LogP contribution in [0.15, 0.2) is 24.3 Å². The predicted octanol–water partition coefficient (Wildman–Crippen LogP) is 2.96. The second kappa shape index (κ2) is 9.04. The van der Waals surface area contributed by atoms with Crippen molar-refractivity contribution in [2.24, 2.45) is 5.92 Å². The first kappa shape index (κ1) is 19.5. The molecule has 0 spiro atoms. The summed E-state index contributed by atoms with van der Waals surface area (Å²) in [4.78, 5) is 37.5. The molecule has 5 nitrogen and oxygen atoms in total. The fourth-order valence-electron chi connectivity index (χ4n) is 2.54. The Kier molecular flexibility index (Phi) is 7.05. The van der Waals surface area contributed by atoms with Crippen molar-refractivity contribution in [2.75, 3.05) is 18.1 Å². The van der Waals surface area contributed by atoms with Gasteiger partial charge in [0.05, 0.1) is 16.9 Å². The molecule has 0 bridgehead atoms. The molecular formula is C19H26N2O3S. The number of fused-ring (bicyclic) bond motifs is 1. The van der Waals surface area contributed by atoms with Crippen LogP contribution in [-0.2, 0) is 4.79 Å². The van der Waals surface area contributed by atoms with Crippen LogP contribution in [0.1, 0.15) is 54.3 Å². The third-order valence-corrected chi connectivity index (χ3v) is 5.46. The van der Waals surface area contributed by atoms with Gasteiger partial charge in [-0.05, 0) is 43.6 Å². The first-order chi connectivity index (χ1) is 11.9. The maximum absolute atomic E-state index is 12.2. The number of nitrogens with zero attached hydrogens (tertiary/aromatic N) is 1. The van der Waals surface area contributed by atoms with Crippen LogP contribution < -0.4 is 5.32 Å². The Hall–Kier alpha value is -1.82. The van der Waals surface area contributed by atoms with Crippen molar-refractivity contribution in [3.63, 3.8) is 0 Å². The van der Waals surface area contributed by atoms with Gasteiger partial charge in [-0.25, -0.2) is 0 Å². The highest BCUT2D eigenvalue weighted by Gasteiger charge is 2.34. The van der Waals surface area contributed by atoms with Crippen LogP contribution in [0.4, 0.5) is 0 Å². The number of rotatable bonds is 9. The maximum Gasteiger partial charge on any atom is 0.261 e. The lowest BCUT2D eigenvalue weighted by Crippen LogP contribution is -2.37. The van der Waals surface area contributed by atoms with Crippen molar-refractivity contribution in [3.05, 3.63) is 35.4 Å². The molecule has 1 aliphatic rings. The second-order valence-corrected chi connectivity index (χ2v) is 7.77. The number of hydrogen-bond donors (Lipinski definition) is 1. The van der Waals surface area contributed by atoms with Gasteiger partial charge in [-0.15, -0.1) is 0 Å². The van der Waals surface area contributed by atoms with Crippen molar-refractivity contribution in [2.45, 2.75) is 39.7 Å². The third-order valence-electron chi connectivity index (χ3n) is 4.42. The van der Waals surface area contributed by atoms with Gasteiger partial charge in [-0.2, -0.15) is 11.8 Å². The smallest absolute Gasteiger partial charge is 0.261 e. The highest BCUT2D eigenvalue weighted by atomic mass is 32.2. The van der Waals surface area contributed by atoms with E-state index in [1.807, 2.05) is 6.92 Å². The van der Waals surface area contributed by atoms with Crippen LogP contribution in [0, 0.1) is 5.92 Å². The largest absolute Gasteiger partial charge is 0.353 e. The minimum absolute atomic E-state index is 0.0616. The van der Waals surface area contributed by atoms with Gasteiger partial charge in [-0.3, -0.25) is 19.3 Å². The van der Waals surface area contributed by atoms with Crippen molar-refractivity contribution in [3.8, 4) is 0 Å². The molecule has 1 aromatic rings. The molecule has 3 amide bonds. The average Bonchev–Trinajstić information content (AvgIpc) is 2.82. The van der Waals surface area contributed by atoms with E-state index in [4.69, 9.17) is 0 Å². The van der Waals surface area contributed by atoms with E-state index in [1.54, 1.807) is 36.0 Å². The van der Waals surface area contributed by atoms with E-state index in [0.717, 1.165) is 18.6 Å². The van der Waals surface area contributed by atoms with Gasteiger partial charge in [0.2, 0.25) is 5.91 Å². The molecule has 136 valence electrons. The molecule has 0 aliphatic carbocycles. The maximum atomic E-state index is 12.2. The zero-order valence-electron chi connectivity index (χ0n) is 15.1. The molecule has 1 aliphatic heterocycles. The highest BCUT2D eigenvalue weighted by molar-refractivity contribution is 7.99. The molecule has 0 fully saturated rings. The number of carbonyl (C=O) groups excluding carboxylic acids is 3. The Balaban J connectivity index is 1.64. The molecule has 0 radical (unpaired) electrons. The SMILES string of the molecule is CC(C)C(C)NC(=O)CSCCCCN1C(=O)c2ccccc2C1=O. The van der Waals surface area contributed by atoms with Gasteiger partial charge < -0.3 is 5.32 Å². The predicted molar refractivity (Wildman–Crippen MR) is 101 cm³/mol. The Morgan fingerprint density at radius 3 is 2.24 bits per heavy atom. The lowest BCUT2D eigenvalue weighted by molar-refractivity contribution is -0.119. The van der Waals surface area contributed by atoms with E-state index in [-0.39, 0.29) is 23.8 Å². The van der Waals surface area contributed by atoms with Gasteiger partial charge in [-0.1, -0.05) is 26.0 Å². The summed E-state index contributed by atoms with van der Waals surface area (Å²) in [7, 11) is 0. The molecule has 0 aromatic heterocycles. The van der Waals surface area contributed by atoms with Crippen LogP contribution in [0.25, 0.3) is 0 Å². The molecule has 0 saturated heterocycles. The minimum Gasteiger partial charge on any atom is -0.353 e. The lowest BCUT2D eigenvalue weighted by Gasteiger charge is -2.17. The molecule has 0 saturated carbocycles. The zero-order chi connectivity index (χ0) is 18.4. The molecule has 6 heteroatoms. The first-order valence-electron chi connectivity index (χ1n) is 8.74. The van der Waals surface area contributed by atoms with Gasteiger partial charge in [0.15, 0.2) is 0 Å². The standard InChI is InChI=1S/C19H26N2O3S/c1-13(2)14(3)20-17(22)12-25-11-7-6-10-21-18(23)15-8-4-5-9-16(15)19(21)24/h4-5,8-9,13-14H,6-7,10-12H2,1-3H3,(H,20,22). The van der Waals surface area contributed by atoms with E-state index < -0.39 is 0 Å². The van der Waals surface area contributed by atoms with E-state index in [1.165, 1.54) is 4.90 Å². The van der Waals surface area contributed by atoms with Crippen LogP contribution >= 0.6 is 11.8 Å². The van der Waals surface area contributed by atoms with Crippen LogP contribution in [0.2, 0.25) is 0 Å². The molecule has 2 rings (SSSR count). The van der Waals surface area contributed by atoms with Crippen LogP contribution in [0.5, 0.6) is 0 Å². The van der Waals surface area contributed by atoms with Crippen molar-refractivity contribution >= 4 is 29.5 Å². The topological polar surface area (TPSA) is 66.5 Å². The van der Waals surface area contributed by atoms with Crippen molar-refractivity contribution < 1.29 is 14.4 Å². The van der Waals surface area contributed by atoms with Gasteiger partial charge in [0, 0.05) is 12.6 Å². The third kappa shape index (κ3) is 5.08. The number of hydrogen-bond acceptors (Lipinski definition) is 4. The summed E-state index contributed by atoms with van der Waals surface area (Å²) in [6, 6.07) is 7.12. The van der Waals surface area contributed by atoms with Crippen molar-refractivity contribution in [1.82, 2.24) is 10.2 Å². The number of carbonyl (C=O) groups is 3. The van der Waals surface area contributed by atoms with Gasteiger partial charge in [0.1, 0.15) is 0 Å². The fourth-order valence-corrected chi connectivity index (χ4v) is 3.36. The average molecular weight is 362 g/mol. The number of unbranched alkanes of at least 4 members (excludes halogenated alkanes) is 1. The van der Waals surface area contributed by atoms with E-state index in [2.05, 4.69) is 19.2 Å². The number of imide groups is 1. The van der Waals surface area contributed by atoms with Crippen LogP contribution in [0.3, 0.4) is 0 Å². The van der Waals surface area contributed by atoms with E-state index in [9.17, 15) is 14.4 Å². The summed E-state index contributed by atoms with van der Waals surface area (Å²) in [6.07, 6.45) is 1.62. The van der Waals surface area contributed by atoms with Gasteiger partial charge in [0.25, 0.3) is 11.8 Å². The number of amides is 3.